The van der Waals surface area contributed by atoms with Crippen LogP contribution in [0.15, 0.2) is 54.3 Å². The SMILES string of the molecule is CCN1CCN(CCCNC(=O)c2ccc(/C=C3/OC4CCCCC4N(Cc4cccc(C)c4)C3=O)cc2)CC1. The van der Waals surface area contributed by atoms with Crippen molar-refractivity contribution >= 4 is 17.9 Å². The van der Waals surface area contributed by atoms with Crippen molar-refractivity contribution in [3.63, 3.8) is 0 Å². The van der Waals surface area contributed by atoms with Crippen LogP contribution < -0.4 is 5.32 Å². The highest BCUT2D eigenvalue weighted by atomic mass is 16.5. The predicted molar refractivity (Wildman–Crippen MR) is 159 cm³/mol. The fraction of sp³-hybridized carbons (Fsp3) is 0.515. The third kappa shape index (κ3) is 7.12. The van der Waals surface area contributed by atoms with Gasteiger partial charge in [-0.2, -0.15) is 0 Å². The summed E-state index contributed by atoms with van der Waals surface area (Å²) in [6.45, 7) is 12.2. The summed E-state index contributed by atoms with van der Waals surface area (Å²) in [5, 5.41) is 3.05. The highest BCUT2D eigenvalue weighted by Crippen LogP contribution is 2.34. The maximum atomic E-state index is 13.6. The van der Waals surface area contributed by atoms with Crippen molar-refractivity contribution in [3.8, 4) is 0 Å². The molecule has 40 heavy (non-hydrogen) atoms. The summed E-state index contributed by atoms with van der Waals surface area (Å²) in [4.78, 5) is 33.3. The Morgan fingerprint density at radius 3 is 2.52 bits per heavy atom. The second kappa shape index (κ2) is 13.5. The number of hydrogen-bond donors (Lipinski definition) is 1. The van der Waals surface area contributed by atoms with Gasteiger partial charge in [0, 0.05) is 44.8 Å². The van der Waals surface area contributed by atoms with E-state index in [4.69, 9.17) is 4.74 Å². The zero-order chi connectivity index (χ0) is 27.9. The zero-order valence-corrected chi connectivity index (χ0v) is 24.1. The Labute approximate surface area is 239 Å². The molecular formula is C33H44N4O3. The van der Waals surface area contributed by atoms with E-state index in [0.717, 1.165) is 82.5 Å². The molecule has 3 aliphatic rings. The largest absolute Gasteiger partial charge is 0.482 e. The number of carbonyl (C=O) groups excluding carboxylic acids is 2. The number of benzene rings is 2. The first kappa shape index (κ1) is 28.4. The van der Waals surface area contributed by atoms with Crippen LogP contribution >= 0.6 is 0 Å². The summed E-state index contributed by atoms with van der Waals surface area (Å²) in [7, 11) is 0. The van der Waals surface area contributed by atoms with Crippen molar-refractivity contribution in [2.24, 2.45) is 0 Å². The van der Waals surface area contributed by atoms with Crippen LogP contribution in [0.4, 0.5) is 0 Å². The molecule has 2 saturated heterocycles. The molecular weight excluding hydrogens is 500 g/mol. The normalized spacial score (nSPS) is 23.1. The molecule has 7 nitrogen and oxygen atoms in total. The number of nitrogens with zero attached hydrogens (tertiary/aromatic N) is 3. The van der Waals surface area contributed by atoms with Gasteiger partial charge < -0.3 is 24.8 Å². The van der Waals surface area contributed by atoms with Crippen molar-refractivity contribution in [1.29, 1.82) is 0 Å². The van der Waals surface area contributed by atoms with E-state index in [2.05, 4.69) is 53.2 Å². The minimum Gasteiger partial charge on any atom is -0.482 e. The van der Waals surface area contributed by atoms with Crippen LogP contribution in [-0.4, -0.2) is 84.5 Å². The van der Waals surface area contributed by atoms with Crippen LogP contribution in [0.5, 0.6) is 0 Å². The van der Waals surface area contributed by atoms with Crippen LogP contribution in [0, 0.1) is 6.92 Å². The lowest BCUT2D eigenvalue weighted by atomic mass is 9.89. The molecule has 214 valence electrons. The third-order valence-corrected chi connectivity index (χ3v) is 8.57. The van der Waals surface area contributed by atoms with Crippen molar-refractivity contribution < 1.29 is 14.3 Å². The molecule has 2 aromatic rings. The van der Waals surface area contributed by atoms with Crippen LogP contribution in [0.25, 0.3) is 6.08 Å². The molecule has 0 aromatic heterocycles. The number of carbonyl (C=O) groups is 2. The Balaban J connectivity index is 1.17. The van der Waals surface area contributed by atoms with Crippen molar-refractivity contribution in [2.75, 3.05) is 45.8 Å². The van der Waals surface area contributed by atoms with Crippen molar-refractivity contribution in [1.82, 2.24) is 20.0 Å². The Bertz CT molecular complexity index is 1190. The quantitative estimate of drug-likeness (QED) is 0.373. The lowest BCUT2D eigenvalue weighted by Gasteiger charge is -2.44. The molecule has 3 fully saturated rings. The highest BCUT2D eigenvalue weighted by molar-refractivity contribution is 5.97. The number of rotatable bonds is 9. The number of ether oxygens (including phenoxy) is 1. The molecule has 2 amide bonds. The second-order valence-electron chi connectivity index (χ2n) is 11.4. The summed E-state index contributed by atoms with van der Waals surface area (Å²) < 4.78 is 6.29. The molecule has 1 aliphatic carbocycles. The van der Waals surface area contributed by atoms with Gasteiger partial charge >= 0.3 is 0 Å². The van der Waals surface area contributed by atoms with Gasteiger partial charge in [-0.05, 0) is 75.0 Å². The van der Waals surface area contributed by atoms with Crippen LogP contribution in [0.1, 0.15) is 66.1 Å². The fourth-order valence-electron chi connectivity index (χ4n) is 6.19. The molecule has 2 aromatic carbocycles. The van der Waals surface area contributed by atoms with Gasteiger partial charge in [0.25, 0.3) is 11.8 Å². The van der Waals surface area contributed by atoms with Gasteiger partial charge in [-0.15, -0.1) is 0 Å². The second-order valence-corrected chi connectivity index (χ2v) is 11.4. The summed E-state index contributed by atoms with van der Waals surface area (Å²) in [5.41, 5.74) is 3.83. The lowest BCUT2D eigenvalue weighted by molar-refractivity contribution is -0.149. The molecule has 1 saturated carbocycles. The molecule has 2 aliphatic heterocycles. The van der Waals surface area contributed by atoms with Gasteiger partial charge in [0.05, 0.1) is 6.04 Å². The van der Waals surface area contributed by atoms with Gasteiger partial charge in [0.15, 0.2) is 5.76 Å². The van der Waals surface area contributed by atoms with E-state index in [1.54, 1.807) is 0 Å². The maximum absolute atomic E-state index is 13.6. The molecule has 0 radical (unpaired) electrons. The minimum atomic E-state index is -0.0608. The summed E-state index contributed by atoms with van der Waals surface area (Å²) >= 11 is 0. The van der Waals surface area contributed by atoms with Gasteiger partial charge in [0.1, 0.15) is 6.10 Å². The average Bonchev–Trinajstić information content (AvgIpc) is 2.98. The van der Waals surface area contributed by atoms with Gasteiger partial charge in [0.2, 0.25) is 0 Å². The number of likely N-dealkylation sites (N-methyl/N-ethyl adjacent to an activating group) is 1. The lowest BCUT2D eigenvalue weighted by Crippen LogP contribution is -2.54. The molecule has 0 bridgehead atoms. The number of hydrogen-bond acceptors (Lipinski definition) is 5. The van der Waals surface area contributed by atoms with Crippen LogP contribution in [0.3, 0.4) is 0 Å². The van der Waals surface area contributed by atoms with E-state index < -0.39 is 0 Å². The summed E-state index contributed by atoms with van der Waals surface area (Å²) in [6.07, 6.45) is 7.01. The first-order chi connectivity index (χ1) is 19.5. The van der Waals surface area contributed by atoms with Gasteiger partial charge in [-0.25, -0.2) is 0 Å². The highest BCUT2D eigenvalue weighted by Gasteiger charge is 2.41. The zero-order valence-electron chi connectivity index (χ0n) is 24.1. The summed E-state index contributed by atoms with van der Waals surface area (Å²) in [6, 6.07) is 15.9. The smallest absolute Gasteiger partial charge is 0.289 e. The number of aryl methyl sites for hydroxylation is 1. The molecule has 0 spiro atoms. The topological polar surface area (TPSA) is 65.1 Å². The van der Waals surface area contributed by atoms with E-state index in [0.29, 0.717) is 24.4 Å². The van der Waals surface area contributed by atoms with Crippen LogP contribution in [-0.2, 0) is 16.1 Å². The predicted octanol–water partition coefficient (Wildman–Crippen LogP) is 4.46. The molecule has 1 N–H and O–H groups in total. The van der Waals surface area contributed by atoms with Gasteiger partial charge in [-0.3, -0.25) is 9.59 Å². The molecule has 7 heteroatoms. The Hall–Kier alpha value is -3.16. The van der Waals surface area contributed by atoms with E-state index in [1.807, 2.05) is 35.2 Å². The first-order valence-electron chi connectivity index (χ1n) is 15.1. The third-order valence-electron chi connectivity index (χ3n) is 8.57. The van der Waals surface area contributed by atoms with Crippen LogP contribution in [0.2, 0.25) is 0 Å². The Morgan fingerprint density at radius 1 is 1.02 bits per heavy atom. The number of nitrogens with one attached hydrogen (secondary N) is 1. The van der Waals surface area contributed by atoms with E-state index in [9.17, 15) is 9.59 Å². The molecule has 2 atom stereocenters. The average molecular weight is 545 g/mol. The standard InChI is InChI=1S/C33H44N4O3/c1-3-35-18-20-36(21-19-35)17-7-16-34-32(38)28-14-12-26(13-15-28)23-31-33(39)37(24-27-9-6-8-25(2)22-27)29-10-4-5-11-30(29)40-31/h6,8-9,12-15,22-23,29-30H,3-5,7,10-11,16-21,24H2,1-2H3,(H,34,38)/b31-23+. The fourth-order valence-corrected chi connectivity index (χ4v) is 6.19. The Morgan fingerprint density at radius 2 is 1.77 bits per heavy atom. The number of amides is 2. The van der Waals surface area contributed by atoms with E-state index in [1.165, 1.54) is 5.56 Å². The molecule has 2 heterocycles. The summed E-state index contributed by atoms with van der Waals surface area (Å²) in [5.74, 6) is 0.282. The monoisotopic (exact) mass is 544 g/mol. The minimum absolute atomic E-state index is 0.0306. The molecule has 5 rings (SSSR count). The molecule has 2 unspecified atom stereocenters. The number of piperazine rings is 1. The number of fused-ring (bicyclic) bond motifs is 1. The number of morpholine rings is 1. The first-order valence-corrected chi connectivity index (χ1v) is 15.1. The Kier molecular flexibility index (Phi) is 9.55. The van der Waals surface area contributed by atoms with E-state index in [-0.39, 0.29) is 24.0 Å². The van der Waals surface area contributed by atoms with E-state index >= 15 is 0 Å². The van der Waals surface area contributed by atoms with Crippen molar-refractivity contribution in [3.05, 3.63) is 76.5 Å². The van der Waals surface area contributed by atoms with Crippen molar-refractivity contribution in [2.45, 2.75) is 64.6 Å². The maximum Gasteiger partial charge on any atom is 0.289 e. The van der Waals surface area contributed by atoms with Gasteiger partial charge in [-0.1, -0.05) is 55.3 Å².